The van der Waals surface area contributed by atoms with Gasteiger partial charge in [0.2, 0.25) is 5.91 Å². The number of carbonyl (C=O) groups excluding carboxylic acids is 2. The van der Waals surface area contributed by atoms with Gasteiger partial charge in [-0.25, -0.2) is 0 Å². The summed E-state index contributed by atoms with van der Waals surface area (Å²) in [4.78, 5) is 27.8. The van der Waals surface area contributed by atoms with Crippen LogP contribution >= 0.6 is 0 Å². The molecule has 1 aliphatic heterocycles. The molecule has 5 heteroatoms. The molecule has 0 spiro atoms. The molecule has 5 nitrogen and oxygen atoms in total. The van der Waals surface area contributed by atoms with Crippen LogP contribution in [0.3, 0.4) is 0 Å². The van der Waals surface area contributed by atoms with Crippen molar-refractivity contribution in [3.63, 3.8) is 0 Å². The largest absolute Gasteiger partial charge is 0.469 e. The van der Waals surface area contributed by atoms with Gasteiger partial charge in [-0.2, -0.15) is 0 Å². The number of likely N-dealkylation sites (N-methyl/N-ethyl adjacent to an activating group) is 1. The number of ether oxygens (including phenoxy) is 1. The van der Waals surface area contributed by atoms with Gasteiger partial charge in [-0.15, -0.1) is 0 Å². The highest BCUT2D eigenvalue weighted by molar-refractivity contribution is 5.81. The first-order chi connectivity index (χ1) is 9.60. The third-order valence-corrected chi connectivity index (χ3v) is 4.06. The van der Waals surface area contributed by atoms with Crippen LogP contribution in [0.2, 0.25) is 0 Å². The van der Waals surface area contributed by atoms with Crippen molar-refractivity contribution in [2.75, 3.05) is 33.3 Å². The number of hydrogen-bond acceptors (Lipinski definition) is 4. The molecule has 1 heterocycles. The first-order valence-corrected chi connectivity index (χ1v) is 7.69. The van der Waals surface area contributed by atoms with Crippen LogP contribution in [0.5, 0.6) is 0 Å². The van der Waals surface area contributed by atoms with Crippen molar-refractivity contribution in [1.29, 1.82) is 0 Å². The molecule has 0 aromatic carbocycles. The molecular formula is C15H28N2O3. The van der Waals surface area contributed by atoms with Crippen LogP contribution < -0.4 is 0 Å². The van der Waals surface area contributed by atoms with E-state index in [0.717, 1.165) is 32.5 Å². The fourth-order valence-electron chi connectivity index (χ4n) is 2.67. The van der Waals surface area contributed by atoms with Gasteiger partial charge in [-0.3, -0.25) is 14.5 Å². The standard InChI is InChI=1S/C15H28N2O3/c1-4-16(12-9-14(18)20-3)13(2)15(19)17-10-7-5-6-8-11-17/h13H,4-12H2,1-3H3. The van der Waals surface area contributed by atoms with Crippen molar-refractivity contribution in [1.82, 2.24) is 9.80 Å². The zero-order valence-electron chi connectivity index (χ0n) is 13.1. The molecule has 116 valence electrons. The third-order valence-electron chi connectivity index (χ3n) is 4.06. The summed E-state index contributed by atoms with van der Waals surface area (Å²) in [6.07, 6.45) is 4.98. The van der Waals surface area contributed by atoms with Gasteiger partial charge in [-0.1, -0.05) is 19.8 Å². The second-order valence-electron chi connectivity index (χ2n) is 5.37. The summed E-state index contributed by atoms with van der Waals surface area (Å²) in [5.74, 6) is -0.0310. The number of likely N-dealkylation sites (tertiary alicyclic amines) is 1. The third kappa shape index (κ3) is 5.12. The predicted molar refractivity (Wildman–Crippen MR) is 78.4 cm³/mol. The van der Waals surface area contributed by atoms with Crippen LogP contribution in [0.1, 0.15) is 46.0 Å². The lowest BCUT2D eigenvalue weighted by atomic mass is 10.2. The smallest absolute Gasteiger partial charge is 0.306 e. The van der Waals surface area contributed by atoms with E-state index in [-0.39, 0.29) is 17.9 Å². The van der Waals surface area contributed by atoms with Crippen molar-refractivity contribution in [3.05, 3.63) is 0 Å². The monoisotopic (exact) mass is 284 g/mol. The second-order valence-corrected chi connectivity index (χ2v) is 5.37. The molecule has 0 bridgehead atoms. The topological polar surface area (TPSA) is 49.9 Å². The molecule has 0 saturated carbocycles. The van der Waals surface area contributed by atoms with E-state index < -0.39 is 0 Å². The molecule has 1 aliphatic rings. The SMILES string of the molecule is CCN(CCC(=O)OC)C(C)C(=O)N1CCCCCC1. The minimum Gasteiger partial charge on any atom is -0.469 e. The van der Waals surface area contributed by atoms with Gasteiger partial charge in [0.25, 0.3) is 0 Å². The molecule has 0 aliphatic carbocycles. The Balaban J connectivity index is 2.52. The van der Waals surface area contributed by atoms with E-state index in [0.29, 0.717) is 13.0 Å². The van der Waals surface area contributed by atoms with Gasteiger partial charge in [0.1, 0.15) is 0 Å². The van der Waals surface area contributed by atoms with E-state index in [2.05, 4.69) is 4.74 Å². The summed E-state index contributed by atoms with van der Waals surface area (Å²) in [7, 11) is 1.39. The Morgan fingerprint density at radius 1 is 1.20 bits per heavy atom. The highest BCUT2D eigenvalue weighted by Gasteiger charge is 2.25. The van der Waals surface area contributed by atoms with E-state index in [1.54, 1.807) is 0 Å². The molecule has 0 radical (unpaired) electrons. The van der Waals surface area contributed by atoms with Crippen LogP contribution in [0.4, 0.5) is 0 Å². The lowest BCUT2D eigenvalue weighted by molar-refractivity contribution is -0.142. The number of hydrogen-bond donors (Lipinski definition) is 0. The molecule has 1 unspecified atom stereocenters. The Bertz CT molecular complexity index is 312. The number of carbonyl (C=O) groups is 2. The number of methoxy groups -OCH3 is 1. The molecule has 1 saturated heterocycles. The summed E-state index contributed by atoms with van der Waals surface area (Å²) in [5.41, 5.74) is 0. The van der Waals surface area contributed by atoms with Gasteiger partial charge in [0.05, 0.1) is 19.6 Å². The highest BCUT2D eigenvalue weighted by Crippen LogP contribution is 2.13. The minimum atomic E-state index is -0.224. The summed E-state index contributed by atoms with van der Waals surface area (Å²) in [6.45, 7) is 7.04. The summed E-state index contributed by atoms with van der Waals surface area (Å²) in [6, 6.07) is -0.164. The van der Waals surface area contributed by atoms with Gasteiger partial charge >= 0.3 is 5.97 Å². The van der Waals surface area contributed by atoms with E-state index >= 15 is 0 Å². The lowest BCUT2D eigenvalue weighted by Gasteiger charge is -2.31. The number of nitrogens with zero attached hydrogens (tertiary/aromatic N) is 2. The second kappa shape index (κ2) is 8.95. The maximum atomic E-state index is 12.5. The van der Waals surface area contributed by atoms with Crippen molar-refractivity contribution >= 4 is 11.9 Å². The number of amides is 1. The molecule has 1 rings (SSSR count). The predicted octanol–water partition coefficient (Wildman–Crippen LogP) is 1.66. The van der Waals surface area contributed by atoms with Crippen molar-refractivity contribution in [3.8, 4) is 0 Å². The molecule has 1 amide bonds. The quantitative estimate of drug-likeness (QED) is 0.696. The fraction of sp³-hybridized carbons (Fsp3) is 0.867. The van der Waals surface area contributed by atoms with Crippen molar-refractivity contribution in [2.24, 2.45) is 0 Å². The van der Waals surface area contributed by atoms with Crippen LogP contribution in [0.25, 0.3) is 0 Å². The highest BCUT2D eigenvalue weighted by atomic mass is 16.5. The molecule has 1 atom stereocenters. The first kappa shape index (κ1) is 17.0. The van der Waals surface area contributed by atoms with E-state index in [1.807, 2.05) is 23.6 Å². The normalized spacial score (nSPS) is 17.7. The maximum Gasteiger partial charge on any atom is 0.306 e. The fourth-order valence-corrected chi connectivity index (χ4v) is 2.67. The minimum absolute atomic E-state index is 0.164. The summed E-state index contributed by atoms with van der Waals surface area (Å²) in [5, 5.41) is 0. The first-order valence-electron chi connectivity index (χ1n) is 7.69. The van der Waals surface area contributed by atoms with E-state index in [4.69, 9.17) is 0 Å². The molecular weight excluding hydrogens is 256 g/mol. The molecule has 1 fully saturated rings. The molecule has 20 heavy (non-hydrogen) atoms. The Hall–Kier alpha value is -1.10. The average Bonchev–Trinajstić information content (AvgIpc) is 2.75. The molecule has 0 aromatic rings. The van der Waals surface area contributed by atoms with Crippen LogP contribution in [0, 0.1) is 0 Å². The Morgan fingerprint density at radius 3 is 2.30 bits per heavy atom. The average molecular weight is 284 g/mol. The summed E-state index contributed by atoms with van der Waals surface area (Å²) >= 11 is 0. The van der Waals surface area contributed by atoms with E-state index in [1.165, 1.54) is 20.0 Å². The van der Waals surface area contributed by atoms with Gasteiger partial charge in [-0.05, 0) is 26.3 Å². The Morgan fingerprint density at radius 2 is 1.80 bits per heavy atom. The maximum absolute atomic E-state index is 12.5. The van der Waals surface area contributed by atoms with Gasteiger partial charge < -0.3 is 9.64 Å². The van der Waals surface area contributed by atoms with Gasteiger partial charge in [0, 0.05) is 19.6 Å². The Kier molecular flexibility index (Phi) is 7.59. The Labute approximate surface area is 122 Å². The zero-order valence-corrected chi connectivity index (χ0v) is 13.1. The van der Waals surface area contributed by atoms with Gasteiger partial charge in [0.15, 0.2) is 0 Å². The van der Waals surface area contributed by atoms with Crippen LogP contribution in [0.15, 0.2) is 0 Å². The van der Waals surface area contributed by atoms with Crippen molar-refractivity contribution in [2.45, 2.75) is 52.0 Å². The van der Waals surface area contributed by atoms with Crippen LogP contribution in [-0.2, 0) is 14.3 Å². The molecule has 0 aromatic heterocycles. The number of rotatable bonds is 6. The molecule has 0 N–H and O–H groups in total. The summed E-state index contributed by atoms with van der Waals surface area (Å²) < 4.78 is 4.66. The number of esters is 1. The lowest BCUT2D eigenvalue weighted by Crippen LogP contribution is -2.48. The van der Waals surface area contributed by atoms with Crippen molar-refractivity contribution < 1.29 is 14.3 Å². The van der Waals surface area contributed by atoms with E-state index in [9.17, 15) is 9.59 Å². The zero-order chi connectivity index (χ0) is 15.0. The van der Waals surface area contributed by atoms with Crippen LogP contribution in [-0.4, -0.2) is 61.0 Å².